The van der Waals surface area contributed by atoms with E-state index in [1.807, 2.05) is 60.0 Å². The van der Waals surface area contributed by atoms with E-state index in [1.54, 1.807) is 29.1 Å². The number of thiophene rings is 1. The fraction of sp³-hybridized carbons (Fsp3) is 0.0500. The van der Waals surface area contributed by atoms with Gasteiger partial charge in [0.2, 0.25) is 0 Å². The maximum Gasteiger partial charge on any atom is 0.271 e. The van der Waals surface area contributed by atoms with Gasteiger partial charge in [-0.15, -0.1) is 22.7 Å². The number of rotatable bonds is 5. The Labute approximate surface area is 159 Å². The van der Waals surface area contributed by atoms with Crippen molar-refractivity contribution in [2.75, 3.05) is 0 Å². The second-order valence-electron chi connectivity index (χ2n) is 5.61. The van der Waals surface area contributed by atoms with Gasteiger partial charge in [0, 0.05) is 17.8 Å². The smallest absolute Gasteiger partial charge is 0.271 e. The minimum absolute atomic E-state index is 0.185. The average molecular weight is 377 g/mol. The number of benzene rings is 1. The van der Waals surface area contributed by atoms with Gasteiger partial charge in [0.1, 0.15) is 10.7 Å². The van der Waals surface area contributed by atoms with Crippen molar-refractivity contribution in [2.24, 2.45) is 0 Å². The predicted octanol–water partition coefficient (Wildman–Crippen LogP) is 4.79. The molecule has 0 fully saturated rings. The van der Waals surface area contributed by atoms with Crippen molar-refractivity contribution >= 4 is 28.6 Å². The third-order valence-electron chi connectivity index (χ3n) is 3.92. The second kappa shape index (κ2) is 7.59. The maximum atomic E-state index is 12.8. The van der Waals surface area contributed by atoms with E-state index in [4.69, 9.17) is 0 Å². The first kappa shape index (κ1) is 16.6. The van der Waals surface area contributed by atoms with E-state index in [9.17, 15) is 4.79 Å². The van der Waals surface area contributed by atoms with Crippen LogP contribution < -0.4 is 5.32 Å². The van der Waals surface area contributed by atoms with Gasteiger partial charge in [-0.3, -0.25) is 9.78 Å². The van der Waals surface area contributed by atoms with Crippen molar-refractivity contribution in [1.29, 1.82) is 0 Å². The van der Waals surface area contributed by atoms with Crippen molar-refractivity contribution < 1.29 is 4.79 Å². The van der Waals surface area contributed by atoms with Crippen molar-refractivity contribution in [2.45, 2.75) is 6.04 Å². The summed E-state index contributed by atoms with van der Waals surface area (Å²) in [4.78, 5) is 22.4. The Bertz CT molecular complexity index is 943. The Morgan fingerprint density at radius 1 is 0.923 bits per heavy atom. The zero-order valence-electron chi connectivity index (χ0n) is 13.7. The van der Waals surface area contributed by atoms with Gasteiger partial charge in [-0.2, -0.15) is 0 Å². The summed E-state index contributed by atoms with van der Waals surface area (Å²) in [5.41, 5.74) is 2.43. The third-order valence-corrected chi connectivity index (χ3v) is 5.80. The molecule has 1 amide bonds. The number of thiazole rings is 1. The van der Waals surface area contributed by atoms with E-state index >= 15 is 0 Å². The average Bonchev–Trinajstić information content (AvgIpc) is 3.39. The van der Waals surface area contributed by atoms with Gasteiger partial charge in [0.25, 0.3) is 5.91 Å². The summed E-state index contributed by atoms with van der Waals surface area (Å²) in [5.74, 6) is -0.185. The van der Waals surface area contributed by atoms with Gasteiger partial charge < -0.3 is 5.32 Å². The first-order chi connectivity index (χ1) is 12.8. The van der Waals surface area contributed by atoms with Crippen molar-refractivity contribution in [3.8, 4) is 9.88 Å². The number of pyridine rings is 1. The number of amides is 1. The largest absolute Gasteiger partial charge is 0.340 e. The summed E-state index contributed by atoms with van der Waals surface area (Å²) in [6, 6.07) is 17.5. The molecule has 0 aliphatic rings. The SMILES string of the molecule is O=C(N[C@@H](c1ccccc1)c1ccncc1)c1csc(-c2cccs2)n1. The minimum atomic E-state index is -0.251. The lowest BCUT2D eigenvalue weighted by molar-refractivity contribution is 0.0938. The quantitative estimate of drug-likeness (QED) is 0.544. The van der Waals surface area contributed by atoms with Crippen LogP contribution in [0.15, 0.2) is 77.8 Å². The van der Waals surface area contributed by atoms with E-state index in [0.29, 0.717) is 5.69 Å². The Hall–Kier alpha value is -2.83. The highest BCUT2D eigenvalue weighted by atomic mass is 32.1. The van der Waals surface area contributed by atoms with Crippen LogP contribution in [0.2, 0.25) is 0 Å². The van der Waals surface area contributed by atoms with Gasteiger partial charge in [-0.25, -0.2) is 4.98 Å². The number of nitrogens with zero attached hydrogens (tertiary/aromatic N) is 2. The lowest BCUT2D eigenvalue weighted by Gasteiger charge is -2.19. The maximum absolute atomic E-state index is 12.8. The molecule has 6 heteroatoms. The molecule has 0 radical (unpaired) electrons. The standard InChI is InChI=1S/C20H15N3OS2/c24-19(16-13-26-20(22-16)17-7-4-12-25-17)23-18(14-5-2-1-3-6-14)15-8-10-21-11-9-15/h1-13,18H,(H,23,24)/t18-/m0/s1. The lowest BCUT2D eigenvalue weighted by Crippen LogP contribution is -2.29. The molecule has 3 heterocycles. The summed E-state index contributed by atoms with van der Waals surface area (Å²) in [5, 5.41) is 7.78. The zero-order chi connectivity index (χ0) is 17.8. The summed E-state index contributed by atoms with van der Waals surface area (Å²) in [7, 11) is 0. The highest BCUT2D eigenvalue weighted by molar-refractivity contribution is 7.20. The molecule has 128 valence electrons. The lowest BCUT2D eigenvalue weighted by atomic mass is 9.99. The Balaban J connectivity index is 1.61. The normalized spacial score (nSPS) is 11.8. The van der Waals surface area contributed by atoms with Crippen LogP contribution in [0.1, 0.15) is 27.7 Å². The van der Waals surface area contributed by atoms with E-state index in [0.717, 1.165) is 21.0 Å². The van der Waals surface area contributed by atoms with Crippen LogP contribution in [0.3, 0.4) is 0 Å². The van der Waals surface area contributed by atoms with Gasteiger partial charge in [0.05, 0.1) is 10.9 Å². The van der Waals surface area contributed by atoms with E-state index in [1.165, 1.54) is 11.3 Å². The van der Waals surface area contributed by atoms with Crippen LogP contribution in [0.4, 0.5) is 0 Å². The number of nitrogens with one attached hydrogen (secondary N) is 1. The summed E-state index contributed by atoms with van der Waals surface area (Å²) >= 11 is 3.10. The van der Waals surface area contributed by atoms with Gasteiger partial charge in [-0.1, -0.05) is 36.4 Å². The highest BCUT2D eigenvalue weighted by Crippen LogP contribution is 2.28. The molecule has 1 N–H and O–H groups in total. The van der Waals surface area contributed by atoms with Crippen molar-refractivity contribution in [3.05, 3.63) is 94.6 Å². The second-order valence-corrected chi connectivity index (χ2v) is 7.42. The fourth-order valence-corrected chi connectivity index (χ4v) is 4.27. The van der Waals surface area contributed by atoms with Crippen LogP contribution in [0, 0.1) is 0 Å². The molecule has 0 unspecified atom stereocenters. The monoisotopic (exact) mass is 377 g/mol. The van der Waals surface area contributed by atoms with Gasteiger partial charge >= 0.3 is 0 Å². The summed E-state index contributed by atoms with van der Waals surface area (Å²) < 4.78 is 0. The minimum Gasteiger partial charge on any atom is -0.340 e. The molecule has 0 aliphatic carbocycles. The Kier molecular flexibility index (Phi) is 4.86. The van der Waals surface area contributed by atoms with Crippen molar-refractivity contribution in [3.63, 3.8) is 0 Å². The summed E-state index contributed by atoms with van der Waals surface area (Å²) in [6.07, 6.45) is 3.46. The van der Waals surface area contributed by atoms with Crippen LogP contribution in [-0.2, 0) is 0 Å². The molecule has 4 rings (SSSR count). The zero-order valence-corrected chi connectivity index (χ0v) is 15.3. The van der Waals surface area contributed by atoms with Crippen LogP contribution >= 0.6 is 22.7 Å². The first-order valence-corrected chi connectivity index (χ1v) is 9.82. The molecule has 1 atom stereocenters. The molecule has 0 spiro atoms. The third kappa shape index (κ3) is 3.56. The van der Waals surface area contributed by atoms with Crippen molar-refractivity contribution in [1.82, 2.24) is 15.3 Å². The van der Waals surface area contributed by atoms with E-state index in [2.05, 4.69) is 15.3 Å². The van der Waals surface area contributed by atoms with Crippen LogP contribution in [0.25, 0.3) is 9.88 Å². The topological polar surface area (TPSA) is 54.9 Å². The molecular formula is C20H15N3OS2. The fourth-order valence-electron chi connectivity index (χ4n) is 2.66. The highest BCUT2D eigenvalue weighted by Gasteiger charge is 2.19. The number of aromatic nitrogens is 2. The van der Waals surface area contributed by atoms with Crippen LogP contribution in [0.5, 0.6) is 0 Å². The van der Waals surface area contributed by atoms with E-state index < -0.39 is 0 Å². The molecule has 4 aromatic rings. The molecule has 0 saturated carbocycles. The molecule has 0 aliphatic heterocycles. The van der Waals surface area contributed by atoms with E-state index in [-0.39, 0.29) is 11.9 Å². The molecular weight excluding hydrogens is 362 g/mol. The molecule has 4 nitrogen and oxygen atoms in total. The number of hydrogen-bond donors (Lipinski definition) is 1. The number of carbonyl (C=O) groups is 1. The van der Waals surface area contributed by atoms with Crippen LogP contribution in [-0.4, -0.2) is 15.9 Å². The molecule has 26 heavy (non-hydrogen) atoms. The van der Waals surface area contributed by atoms with Gasteiger partial charge in [-0.05, 0) is 34.7 Å². The molecule has 0 bridgehead atoms. The summed E-state index contributed by atoms with van der Waals surface area (Å²) in [6.45, 7) is 0. The molecule has 3 aromatic heterocycles. The molecule has 0 saturated heterocycles. The molecule has 1 aromatic carbocycles. The number of hydrogen-bond acceptors (Lipinski definition) is 5. The first-order valence-electron chi connectivity index (χ1n) is 8.06. The predicted molar refractivity (Wildman–Crippen MR) is 105 cm³/mol. The van der Waals surface area contributed by atoms with Gasteiger partial charge in [0.15, 0.2) is 0 Å². The number of carbonyl (C=O) groups excluding carboxylic acids is 1. The Morgan fingerprint density at radius 3 is 2.42 bits per heavy atom. The Morgan fingerprint density at radius 2 is 1.69 bits per heavy atom.